The molecule has 1 unspecified atom stereocenters. The predicted molar refractivity (Wildman–Crippen MR) is 71.7 cm³/mol. The molecule has 2 saturated heterocycles. The van der Waals surface area contributed by atoms with Crippen molar-refractivity contribution in [2.24, 2.45) is 0 Å². The summed E-state index contributed by atoms with van der Waals surface area (Å²) >= 11 is 0. The van der Waals surface area contributed by atoms with Gasteiger partial charge in [0, 0.05) is 26.7 Å². The molecule has 6 heteroatoms. The maximum Gasteiger partial charge on any atom is 0.282 e. The monoisotopic (exact) mass is 282 g/mol. The topological polar surface area (TPSA) is 49.9 Å². The van der Waals surface area contributed by atoms with Crippen molar-refractivity contribution in [1.82, 2.24) is 8.61 Å². The summed E-state index contributed by atoms with van der Waals surface area (Å²) in [4.78, 5) is 0. The van der Waals surface area contributed by atoms with E-state index in [2.05, 4.69) is 0 Å². The first kappa shape index (κ1) is 13.1. The van der Waals surface area contributed by atoms with Crippen LogP contribution in [0.5, 0.6) is 0 Å². The van der Waals surface area contributed by atoms with Gasteiger partial charge in [0.25, 0.3) is 10.2 Å². The maximum absolute atomic E-state index is 12.5. The van der Waals surface area contributed by atoms with E-state index >= 15 is 0 Å². The Kier molecular flexibility index (Phi) is 3.13. The lowest BCUT2D eigenvalue weighted by Gasteiger charge is -2.30. The summed E-state index contributed by atoms with van der Waals surface area (Å²) in [6.45, 7) is 2.05. The highest BCUT2D eigenvalue weighted by Crippen LogP contribution is 2.37. The molecule has 0 aromatic heterocycles. The van der Waals surface area contributed by atoms with Gasteiger partial charge in [-0.25, -0.2) is 0 Å². The van der Waals surface area contributed by atoms with Crippen LogP contribution in [-0.2, 0) is 21.5 Å². The zero-order valence-corrected chi connectivity index (χ0v) is 11.8. The van der Waals surface area contributed by atoms with E-state index in [0.717, 1.165) is 12.0 Å². The molecule has 19 heavy (non-hydrogen) atoms. The van der Waals surface area contributed by atoms with Crippen LogP contribution in [0.1, 0.15) is 12.0 Å². The van der Waals surface area contributed by atoms with Crippen molar-refractivity contribution in [2.45, 2.75) is 18.5 Å². The lowest BCUT2D eigenvalue weighted by Crippen LogP contribution is -2.47. The van der Waals surface area contributed by atoms with Crippen LogP contribution >= 0.6 is 0 Å². The Bertz CT molecular complexity index is 553. The summed E-state index contributed by atoms with van der Waals surface area (Å²) in [6.07, 6.45) is 0.767. The van der Waals surface area contributed by atoms with Crippen molar-refractivity contribution in [3.63, 3.8) is 0 Å². The van der Waals surface area contributed by atoms with E-state index in [9.17, 15) is 8.42 Å². The number of hydrogen-bond donors (Lipinski definition) is 0. The minimum absolute atomic E-state index is 0.385. The minimum atomic E-state index is -3.37. The number of likely N-dealkylation sites (N-methyl/N-ethyl adjacent to an activating group) is 1. The summed E-state index contributed by atoms with van der Waals surface area (Å²) in [5, 5.41) is 0. The summed E-state index contributed by atoms with van der Waals surface area (Å²) < 4.78 is 33.4. The molecule has 0 N–H and O–H groups in total. The van der Waals surface area contributed by atoms with Crippen molar-refractivity contribution in [3.8, 4) is 0 Å². The SMILES string of the molecule is CN1CC2(CCOC2)N(Cc2ccccc2)S1(=O)=O. The molecule has 104 valence electrons. The van der Waals surface area contributed by atoms with E-state index in [0.29, 0.717) is 26.3 Å². The molecule has 0 amide bonds. The average Bonchev–Trinajstić information content (AvgIpc) is 2.92. The third-order valence-electron chi connectivity index (χ3n) is 3.97. The molecule has 1 spiro atoms. The third kappa shape index (κ3) is 2.08. The Hall–Kier alpha value is -0.950. The fraction of sp³-hybridized carbons (Fsp3) is 0.538. The Labute approximate surface area is 114 Å². The molecule has 2 heterocycles. The first-order valence-corrected chi connectivity index (χ1v) is 7.80. The molecule has 0 saturated carbocycles. The number of ether oxygens (including phenoxy) is 1. The van der Waals surface area contributed by atoms with Gasteiger partial charge >= 0.3 is 0 Å². The van der Waals surface area contributed by atoms with Crippen molar-refractivity contribution in [3.05, 3.63) is 35.9 Å². The fourth-order valence-corrected chi connectivity index (χ4v) is 4.65. The summed E-state index contributed by atoms with van der Waals surface area (Å²) in [7, 11) is -1.73. The molecular formula is C13H18N2O3S. The van der Waals surface area contributed by atoms with Gasteiger partial charge in [-0.1, -0.05) is 30.3 Å². The highest BCUT2D eigenvalue weighted by molar-refractivity contribution is 7.87. The van der Waals surface area contributed by atoms with Crippen LogP contribution in [-0.4, -0.2) is 49.4 Å². The van der Waals surface area contributed by atoms with Gasteiger partial charge in [0.05, 0.1) is 12.1 Å². The second-order valence-corrected chi connectivity index (χ2v) is 7.24. The van der Waals surface area contributed by atoms with Gasteiger partial charge in [-0.05, 0) is 12.0 Å². The molecule has 2 aliphatic heterocycles. The lowest BCUT2D eigenvalue weighted by molar-refractivity contribution is 0.132. The van der Waals surface area contributed by atoms with Gasteiger partial charge in [0.2, 0.25) is 0 Å². The first-order chi connectivity index (χ1) is 9.05. The van der Waals surface area contributed by atoms with Crippen LogP contribution in [0.4, 0.5) is 0 Å². The quantitative estimate of drug-likeness (QED) is 0.807. The molecule has 3 rings (SSSR count). The van der Waals surface area contributed by atoms with Gasteiger partial charge in [0.1, 0.15) is 0 Å². The van der Waals surface area contributed by atoms with Gasteiger partial charge in [-0.3, -0.25) is 0 Å². The number of nitrogens with zero attached hydrogens (tertiary/aromatic N) is 2. The molecule has 0 bridgehead atoms. The van der Waals surface area contributed by atoms with E-state index in [1.165, 1.54) is 4.31 Å². The molecule has 0 aliphatic carbocycles. The van der Waals surface area contributed by atoms with Gasteiger partial charge in [0.15, 0.2) is 0 Å². The number of hydrogen-bond acceptors (Lipinski definition) is 3. The minimum Gasteiger partial charge on any atom is -0.379 e. The summed E-state index contributed by atoms with van der Waals surface area (Å²) in [6, 6.07) is 9.70. The van der Waals surface area contributed by atoms with E-state index < -0.39 is 10.2 Å². The van der Waals surface area contributed by atoms with Crippen LogP contribution in [0.25, 0.3) is 0 Å². The van der Waals surface area contributed by atoms with E-state index in [-0.39, 0.29) is 5.54 Å². The number of benzene rings is 1. The zero-order chi connectivity index (χ0) is 13.5. The van der Waals surface area contributed by atoms with Gasteiger partial charge in [-0.2, -0.15) is 17.0 Å². The van der Waals surface area contributed by atoms with Gasteiger partial charge in [-0.15, -0.1) is 0 Å². The second kappa shape index (κ2) is 4.56. The first-order valence-electron chi connectivity index (χ1n) is 6.40. The van der Waals surface area contributed by atoms with Crippen molar-refractivity contribution in [1.29, 1.82) is 0 Å². The fourth-order valence-electron chi connectivity index (χ4n) is 2.90. The lowest BCUT2D eigenvalue weighted by atomic mass is 9.98. The second-order valence-electron chi connectivity index (χ2n) is 5.28. The molecule has 1 aromatic rings. The third-order valence-corrected chi connectivity index (χ3v) is 5.96. The van der Waals surface area contributed by atoms with E-state index in [1.807, 2.05) is 30.3 Å². The largest absolute Gasteiger partial charge is 0.379 e. The molecule has 2 aliphatic rings. The average molecular weight is 282 g/mol. The summed E-state index contributed by atoms with van der Waals surface area (Å²) in [5.41, 5.74) is 0.622. The molecular weight excluding hydrogens is 264 g/mol. The molecule has 0 radical (unpaired) electrons. The highest BCUT2D eigenvalue weighted by Gasteiger charge is 2.54. The molecule has 1 aromatic carbocycles. The van der Waals surface area contributed by atoms with E-state index in [4.69, 9.17) is 4.74 Å². The smallest absolute Gasteiger partial charge is 0.282 e. The normalized spacial score (nSPS) is 31.2. The highest BCUT2D eigenvalue weighted by atomic mass is 32.2. The Morgan fingerprint density at radius 1 is 1.32 bits per heavy atom. The van der Waals surface area contributed by atoms with Gasteiger partial charge < -0.3 is 4.74 Å². The van der Waals surface area contributed by atoms with Crippen LogP contribution in [0.2, 0.25) is 0 Å². The Balaban J connectivity index is 1.95. The summed E-state index contributed by atoms with van der Waals surface area (Å²) in [5.74, 6) is 0. The molecule has 2 fully saturated rings. The predicted octanol–water partition coefficient (Wildman–Crippen LogP) is 0.838. The van der Waals surface area contributed by atoms with E-state index in [1.54, 1.807) is 11.4 Å². The molecule has 1 atom stereocenters. The van der Waals surface area contributed by atoms with Crippen LogP contribution < -0.4 is 0 Å². The zero-order valence-electron chi connectivity index (χ0n) is 10.9. The van der Waals surface area contributed by atoms with Crippen molar-refractivity contribution < 1.29 is 13.2 Å². The number of rotatable bonds is 2. The van der Waals surface area contributed by atoms with Crippen LogP contribution in [0.15, 0.2) is 30.3 Å². The standard InChI is InChI=1S/C13H18N2O3S/c1-14-10-13(7-8-18-11-13)15(19(14,16)17)9-12-5-3-2-4-6-12/h2-6H,7-11H2,1H3. The Morgan fingerprint density at radius 3 is 2.68 bits per heavy atom. The van der Waals surface area contributed by atoms with Crippen LogP contribution in [0.3, 0.4) is 0 Å². The van der Waals surface area contributed by atoms with Crippen molar-refractivity contribution in [2.75, 3.05) is 26.8 Å². The maximum atomic E-state index is 12.5. The van der Waals surface area contributed by atoms with Crippen molar-refractivity contribution >= 4 is 10.2 Å². The van der Waals surface area contributed by atoms with Crippen LogP contribution in [0, 0.1) is 0 Å². The Morgan fingerprint density at radius 2 is 2.05 bits per heavy atom. The molecule has 5 nitrogen and oxygen atoms in total.